The Morgan fingerprint density at radius 2 is 2.03 bits per heavy atom. The number of hydrogen-bond donors (Lipinski definition) is 2. The van der Waals surface area contributed by atoms with Crippen LogP contribution in [0, 0.1) is 5.41 Å². The van der Waals surface area contributed by atoms with Crippen LogP contribution in [0.4, 0.5) is 0 Å². The van der Waals surface area contributed by atoms with Gasteiger partial charge in [-0.3, -0.25) is 10.0 Å². The summed E-state index contributed by atoms with van der Waals surface area (Å²) in [4.78, 5) is 19.1. The van der Waals surface area contributed by atoms with Crippen molar-refractivity contribution in [3.63, 3.8) is 0 Å². The van der Waals surface area contributed by atoms with Crippen LogP contribution in [0.3, 0.4) is 0 Å². The summed E-state index contributed by atoms with van der Waals surface area (Å²) in [5, 5.41) is 10.2. The van der Waals surface area contributed by atoms with Crippen LogP contribution in [0.2, 0.25) is 0 Å². The van der Waals surface area contributed by atoms with Crippen molar-refractivity contribution in [2.75, 3.05) is 0 Å². The van der Waals surface area contributed by atoms with Gasteiger partial charge in [-0.25, -0.2) is 10.5 Å². The first-order chi connectivity index (χ1) is 17.4. The topological polar surface area (TPSA) is 70.4 Å². The Morgan fingerprint density at radius 3 is 2.72 bits per heavy atom. The van der Waals surface area contributed by atoms with Gasteiger partial charge in [0.05, 0.1) is 5.41 Å². The van der Waals surface area contributed by atoms with Crippen LogP contribution < -0.4 is 5.48 Å². The van der Waals surface area contributed by atoms with Gasteiger partial charge in [-0.15, -0.1) is 0 Å². The predicted octanol–water partition coefficient (Wildman–Crippen LogP) is 5.72. The molecule has 186 valence electrons. The molecule has 1 aromatic carbocycles. The van der Waals surface area contributed by atoms with E-state index >= 15 is 0 Å². The molecule has 36 heavy (non-hydrogen) atoms. The number of amides is 1. The van der Waals surface area contributed by atoms with Crippen molar-refractivity contribution in [2.24, 2.45) is 5.41 Å². The lowest BCUT2D eigenvalue weighted by atomic mass is 9.81. The van der Waals surface area contributed by atoms with E-state index in [1.807, 2.05) is 25.3 Å². The maximum absolute atomic E-state index is 12.0. The molecule has 3 atom stereocenters. The number of nitrogens with one attached hydrogen (secondary N) is 1. The summed E-state index contributed by atoms with van der Waals surface area (Å²) in [6, 6.07) is 15.4. The first-order valence-electron chi connectivity index (χ1n) is 12.6. The predicted molar refractivity (Wildman–Crippen MR) is 142 cm³/mol. The van der Waals surface area contributed by atoms with Crippen LogP contribution in [-0.4, -0.2) is 31.6 Å². The second-order valence-corrected chi connectivity index (χ2v) is 10.4. The monoisotopic (exact) mass is 482 g/mol. The number of hydroxylamine groups is 1. The number of aromatic nitrogens is 2. The molecule has 1 fully saturated rings. The highest BCUT2D eigenvalue weighted by atomic mass is 16.5. The third-order valence-corrected chi connectivity index (χ3v) is 7.80. The van der Waals surface area contributed by atoms with E-state index < -0.39 is 11.3 Å². The molecule has 1 amide bonds. The molecule has 1 aliphatic heterocycles. The summed E-state index contributed by atoms with van der Waals surface area (Å²) in [6.45, 7) is 10.2. The lowest BCUT2D eigenvalue weighted by Gasteiger charge is -2.41. The van der Waals surface area contributed by atoms with Gasteiger partial charge in [0.1, 0.15) is 5.65 Å². The molecule has 2 unspecified atom stereocenters. The summed E-state index contributed by atoms with van der Waals surface area (Å²) in [7, 11) is 0. The van der Waals surface area contributed by atoms with Crippen molar-refractivity contribution in [3.05, 3.63) is 102 Å². The number of carbonyl (C=O) groups excluding carboxylic acids is 1. The third kappa shape index (κ3) is 4.61. The van der Waals surface area contributed by atoms with E-state index in [2.05, 4.69) is 77.7 Å². The van der Waals surface area contributed by atoms with E-state index in [9.17, 15) is 4.79 Å². The Bertz CT molecular complexity index is 1340. The molecule has 2 N–H and O–H groups in total. The molecule has 3 aromatic rings. The highest BCUT2D eigenvalue weighted by Gasteiger charge is 2.32. The summed E-state index contributed by atoms with van der Waals surface area (Å²) in [5.41, 5.74) is 7.00. The van der Waals surface area contributed by atoms with Crippen LogP contribution in [0.25, 0.3) is 11.0 Å². The number of piperidine rings is 1. The molecule has 0 radical (unpaired) electrons. The van der Waals surface area contributed by atoms with E-state index in [-0.39, 0.29) is 0 Å². The molecular weight excluding hydrogens is 448 g/mol. The van der Waals surface area contributed by atoms with Crippen LogP contribution in [-0.2, 0) is 17.9 Å². The molecule has 1 aliphatic carbocycles. The zero-order chi connectivity index (χ0) is 25.3. The molecule has 2 aliphatic rings. The lowest BCUT2D eigenvalue weighted by molar-refractivity contribution is -0.136. The van der Waals surface area contributed by atoms with Crippen molar-refractivity contribution < 1.29 is 10.0 Å². The number of fused-ring (bicyclic) bond motifs is 1. The lowest BCUT2D eigenvalue weighted by Crippen LogP contribution is -2.37. The zero-order valence-corrected chi connectivity index (χ0v) is 21.0. The van der Waals surface area contributed by atoms with E-state index in [0.717, 1.165) is 30.6 Å². The Morgan fingerprint density at radius 1 is 1.22 bits per heavy atom. The molecular formula is C30H34N4O2. The summed E-state index contributed by atoms with van der Waals surface area (Å²) in [6.07, 6.45) is 12.5. The van der Waals surface area contributed by atoms with Crippen molar-refractivity contribution >= 4 is 16.9 Å². The number of carbonyl (C=O) groups is 1. The van der Waals surface area contributed by atoms with Crippen molar-refractivity contribution in [2.45, 2.75) is 58.2 Å². The quantitative estimate of drug-likeness (QED) is 0.348. The Labute approximate surface area is 212 Å². The molecule has 0 spiro atoms. The average molecular weight is 483 g/mol. The average Bonchev–Trinajstić information content (AvgIpc) is 3.30. The first kappa shape index (κ1) is 24.1. The van der Waals surface area contributed by atoms with Crippen LogP contribution in [0.15, 0.2) is 90.9 Å². The Balaban J connectivity index is 1.32. The fourth-order valence-corrected chi connectivity index (χ4v) is 5.60. The highest BCUT2D eigenvalue weighted by Crippen LogP contribution is 2.40. The molecule has 2 aromatic heterocycles. The van der Waals surface area contributed by atoms with Crippen molar-refractivity contribution in [1.29, 1.82) is 0 Å². The van der Waals surface area contributed by atoms with Gasteiger partial charge in [0.2, 0.25) is 0 Å². The van der Waals surface area contributed by atoms with Gasteiger partial charge in [0.25, 0.3) is 5.91 Å². The van der Waals surface area contributed by atoms with Gasteiger partial charge in [-0.1, -0.05) is 55.1 Å². The van der Waals surface area contributed by atoms with Gasteiger partial charge >= 0.3 is 0 Å². The van der Waals surface area contributed by atoms with Gasteiger partial charge < -0.3 is 9.47 Å². The van der Waals surface area contributed by atoms with E-state index in [1.54, 1.807) is 5.48 Å². The number of benzene rings is 1. The Hall–Kier alpha value is -3.64. The molecule has 5 rings (SSSR count). The summed E-state index contributed by atoms with van der Waals surface area (Å²) >= 11 is 0. The number of nitrogens with zero attached hydrogens (tertiary/aromatic N) is 3. The fraction of sp³-hybridized carbons (Fsp3) is 0.333. The minimum absolute atomic E-state index is 0.391. The fourth-order valence-electron chi connectivity index (χ4n) is 5.60. The van der Waals surface area contributed by atoms with E-state index in [0.29, 0.717) is 24.9 Å². The maximum Gasteiger partial charge on any atom is 0.253 e. The molecule has 6 nitrogen and oxygen atoms in total. The standard InChI is InChI=1S/C30H34N4O2/c1-21-17-25(18-22(2)34(21)20-23-7-5-4-6-8-23)26-11-15-31-28-27(26)12-16-33(28)19-24-9-13-30(3,14-10-24)29(35)32-36/h4-13,15-16,22,25,36H,1,14,17-20H2,2-3H3,(H,32,35)/t22-,25?,30?/m0/s1. The third-order valence-electron chi connectivity index (χ3n) is 7.80. The first-order valence-corrected chi connectivity index (χ1v) is 12.6. The zero-order valence-electron chi connectivity index (χ0n) is 21.0. The van der Waals surface area contributed by atoms with Crippen LogP contribution in [0.1, 0.15) is 50.2 Å². The minimum Gasteiger partial charge on any atom is -0.368 e. The number of allylic oxidation sites excluding steroid dienone is 4. The Kier molecular flexibility index (Phi) is 6.54. The summed E-state index contributed by atoms with van der Waals surface area (Å²) in [5.74, 6) is 0.0183. The van der Waals surface area contributed by atoms with Gasteiger partial charge in [-0.05, 0) is 67.9 Å². The van der Waals surface area contributed by atoms with Crippen molar-refractivity contribution in [1.82, 2.24) is 19.9 Å². The van der Waals surface area contributed by atoms with Crippen LogP contribution >= 0.6 is 0 Å². The maximum atomic E-state index is 12.0. The van der Waals surface area contributed by atoms with Crippen LogP contribution in [0.5, 0.6) is 0 Å². The van der Waals surface area contributed by atoms with Crippen molar-refractivity contribution in [3.8, 4) is 0 Å². The molecule has 1 saturated heterocycles. The van der Waals surface area contributed by atoms with E-state index in [4.69, 9.17) is 10.2 Å². The van der Waals surface area contributed by atoms with Gasteiger partial charge in [-0.2, -0.15) is 0 Å². The number of likely N-dealkylation sites (tertiary alicyclic amines) is 1. The molecule has 0 saturated carbocycles. The second-order valence-electron chi connectivity index (χ2n) is 10.4. The molecule has 3 heterocycles. The normalized spacial score (nSPS) is 24.1. The number of hydrogen-bond acceptors (Lipinski definition) is 4. The molecule has 6 heteroatoms. The number of rotatable bonds is 6. The number of pyridine rings is 1. The largest absolute Gasteiger partial charge is 0.368 e. The minimum atomic E-state index is -0.725. The molecule has 0 bridgehead atoms. The van der Waals surface area contributed by atoms with E-state index in [1.165, 1.54) is 22.2 Å². The SMILES string of the molecule is C=C1CC(c2ccnc3c2ccn3CC2=CCC(C)(C(=O)NO)C=C2)C[C@H](C)N1Cc1ccccc1. The second kappa shape index (κ2) is 9.78. The van der Waals surface area contributed by atoms with Gasteiger partial charge in [0, 0.05) is 42.6 Å². The summed E-state index contributed by atoms with van der Waals surface area (Å²) < 4.78 is 2.17. The van der Waals surface area contributed by atoms with Gasteiger partial charge in [0.15, 0.2) is 0 Å². The smallest absolute Gasteiger partial charge is 0.253 e. The highest BCUT2D eigenvalue weighted by molar-refractivity contribution is 5.84.